The normalized spacial score (nSPS) is 15.3. The lowest BCUT2D eigenvalue weighted by Gasteiger charge is -2.03. The number of halogens is 2. The molecule has 5 heteroatoms. The van der Waals surface area contributed by atoms with Gasteiger partial charge in [0.25, 0.3) is 0 Å². The van der Waals surface area contributed by atoms with Crippen molar-refractivity contribution in [3.63, 3.8) is 0 Å². The highest BCUT2D eigenvalue weighted by molar-refractivity contribution is 7.98. The summed E-state index contributed by atoms with van der Waals surface area (Å²) in [6.07, 6.45) is 0. The minimum absolute atomic E-state index is 0.0301. The summed E-state index contributed by atoms with van der Waals surface area (Å²) >= 11 is 1.05. The summed E-state index contributed by atoms with van der Waals surface area (Å²) in [5, 5.41) is 0.176. The Kier molecular flexibility index (Phi) is 1.47. The lowest BCUT2D eigenvalue weighted by molar-refractivity contribution is 0.415. The molecule has 0 atom stereocenters. The number of rotatable bonds is 0. The summed E-state index contributed by atoms with van der Waals surface area (Å²) in [7, 11) is 0. The Morgan fingerprint density at radius 1 is 1.45 bits per heavy atom. The van der Waals surface area contributed by atoms with Crippen LogP contribution in [0.25, 0.3) is 0 Å². The number of hydrazine groups is 1. The van der Waals surface area contributed by atoms with Crippen molar-refractivity contribution < 1.29 is 8.87 Å². The van der Waals surface area contributed by atoms with Gasteiger partial charge in [-0.25, -0.2) is 4.39 Å². The second-order valence-corrected chi connectivity index (χ2v) is 2.89. The van der Waals surface area contributed by atoms with Crippen LogP contribution in [0.2, 0.25) is 0 Å². The van der Waals surface area contributed by atoms with E-state index in [-0.39, 0.29) is 10.9 Å². The zero-order valence-electron chi connectivity index (χ0n) is 5.34. The SMILES string of the molecule is Fc1cccc2c1N(F)NS2. The molecule has 0 aliphatic carbocycles. The largest absolute Gasteiger partial charge is 0.204 e. The van der Waals surface area contributed by atoms with E-state index in [2.05, 4.69) is 4.83 Å². The first-order valence-electron chi connectivity index (χ1n) is 2.96. The van der Waals surface area contributed by atoms with Crippen LogP contribution in [-0.2, 0) is 0 Å². The molecule has 58 valence electrons. The molecule has 1 aromatic rings. The Morgan fingerprint density at radius 2 is 2.27 bits per heavy atom. The van der Waals surface area contributed by atoms with Crippen molar-refractivity contribution in [2.75, 3.05) is 5.23 Å². The number of benzene rings is 1. The van der Waals surface area contributed by atoms with Crippen LogP contribution in [0.5, 0.6) is 0 Å². The standard InChI is InChI=1S/C6H4F2N2S/c7-4-2-1-3-5-6(4)10(8)9-11-5/h1-3,9H. The molecule has 0 radical (unpaired) electrons. The Morgan fingerprint density at radius 3 is 3.00 bits per heavy atom. The summed E-state index contributed by atoms with van der Waals surface area (Å²) in [6, 6.07) is 4.41. The number of nitrogens with one attached hydrogen (secondary N) is 1. The number of hydrogen-bond acceptors (Lipinski definition) is 3. The summed E-state index contributed by atoms with van der Waals surface area (Å²) in [6.45, 7) is 0. The van der Waals surface area contributed by atoms with Crippen molar-refractivity contribution in [2.45, 2.75) is 4.90 Å². The topological polar surface area (TPSA) is 15.3 Å². The van der Waals surface area contributed by atoms with Gasteiger partial charge in [-0.05, 0) is 24.1 Å². The van der Waals surface area contributed by atoms with Crippen LogP contribution in [-0.4, -0.2) is 0 Å². The summed E-state index contributed by atoms with van der Waals surface area (Å²) < 4.78 is 25.4. The number of anilines is 1. The number of fused-ring (bicyclic) bond motifs is 1. The number of nitrogens with zero attached hydrogens (tertiary/aromatic N) is 1. The van der Waals surface area contributed by atoms with Crippen molar-refractivity contribution in [1.29, 1.82) is 0 Å². The Balaban J connectivity index is 2.58. The zero-order chi connectivity index (χ0) is 7.84. The molecule has 1 aromatic carbocycles. The van der Waals surface area contributed by atoms with Gasteiger partial charge in [0.1, 0.15) is 5.69 Å². The van der Waals surface area contributed by atoms with Gasteiger partial charge in [-0.2, -0.15) is 0 Å². The maximum absolute atomic E-state index is 12.8. The van der Waals surface area contributed by atoms with Gasteiger partial charge in [0.15, 0.2) is 5.82 Å². The fourth-order valence-electron chi connectivity index (χ4n) is 0.903. The number of para-hydroxylation sites is 1. The third kappa shape index (κ3) is 0.965. The van der Waals surface area contributed by atoms with Crippen LogP contribution in [0.15, 0.2) is 23.1 Å². The van der Waals surface area contributed by atoms with Crippen molar-refractivity contribution >= 4 is 17.6 Å². The van der Waals surface area contributed by atoms with Crippen LogP contribution in [0.4, 0.5) is 14.6 Å². The summed E-state index contributed by atoms with van der Waals surface area (Å²) in [5.74, 6) is -0.553. The fraction of sp³-hybridized carbons (Fsp3) is 0. The Hall–Kier alpha value is -0.810. The van der Waals surface area contributed by atoms with Gasteiger partial charge in [-0.1, -0.05) is 10.5 Å². The fourth-order valence-corrected chi connectivity index (χ4v) is 1.59. The minimum atomic E-state index is -0.553. The van der Waals surface area contributed by atoms with Crippen LogP contribution in [0.1, 0.15) is 0 Å². The predicted octanol–water partition coefficient (Wildman–Crippen LogP) is 2.04. The van der Waals surface area contributed by atoms with Crippen molar-refractivity contribution in [3.8, 4) is 0 Å². The molecule has 2 rings (SSSR count). The highest BCUT2D eigenvalue weighted by Gasteiger charge is 2.22. The van der Waals surface area contributed by atoms with Gasteiger partial charge in [0.05, 0.1) is 4.90 Å². The van der Waals surface area contributed by atoms with Crippen LogP contribution in [0, 0.1) is 5.82 Å². The lowest BCUT2D eigenvalue weighted by Crippen LogP contribution is -2.18. The molecule has 0 saturated heterocycles. The van der Waals surface area contributed by atoms with Gasteiger partial charge in [-0.15, -0.1) is 10.1 Å². The Labute approximate surface area is 66.2 Å². The first-order valence-corrected chi connectivity index (χ1v) is 3.77. The molecule has 1 aliphatic heterocycles. The second kappa shape index (κ2) is 2.35. The number of hydrogen-bond donors (Lipinski definition) is 1. The van der Waals surface area contributed by atoms with E-state index in [0.717, 1.165) is 11.9 Å². The monoisotopic (exact) mass is 174 g/mol. The van der Waals surface area contributed by atoms with Crippen molar-refractivity contribution in [1.82, 2.24) is 4.83 Å². The van der Waals surface area contributed by atoms with Crippen LogP contribution >= 0.6 is 11.9 Å². The third-order valence-electron chi connectivity index (χ3n) is 1.38. The molecule has 0 bridgehead atoms. The molecule has 0 aromatic heterocycles. The highest BCUT2D eigenvalue weighted by Crippen LogP contribution is 2.36. The van der Waals surface area contributed by atoms with E-state index in [1.54, 1.807) is 12.1 Å². The molecule has 0 saturated carbocycles. The maximum Gasteiger partial charge on any atom is 0.152 e. The molecule has 0 amide bonds. The molecule has 0 fully saturated rings. The first kappa shape index (κ1) is 6.87. The molecule has 0 unspecified atom stereocenters. The van der Waals surface area contributed by atoms with E-state index in [9.17, 15) is 8.87 Å². The van der Waals surface area contributed by atoms with Crippen molar-refractivity contribution in [3.05, 3.63) is 24.0 Å². The molecule has 0 spiro atoms. The first-order chi connectivity index (χ1) is 5.29. The maximum atomic E-state index is 12.8. The van der Waals surface area contributed by atoms with Crippen molar-refractivity contribution in [2.24, 2.45) is 0 Å². The van der Waals surface area contributed by atoms with E-state index in [4.69, 9.17) is 0 Å². The van der Waals surface area contributed by atoms with E-state index in [0.29, 0.717) is 4.90 Å². The molecule has 11 heavy (non-hydrogen) atoms. The quantitative estimate of drug-likeness (QED) is 0.478. The van der Waals surface area contributed by atoms with Crippen LogP contribution < -0.4 is 10.1 Å². The molecular weight excluding hydrogens is 170 g/mol. The van der Waals surface area contributed by atoms with Crippen LogP contribution in [0.3, 0.4) is 0 Å². The molecule has 2 nitrogen and oxygen atoms in total. The van der Waals surface area contributed by atoms with Gasteiger partial charge >= 0.3 is 0 Å². The average molecular weight is 174 g/mol. The highest BCUT2D eigenvalue weighted by atomic mass is 32.2. The van der Waals surface area contributed by atoms with Gasteiger partial charge in [-0.3, -0.25) is 0 Å². The second-order valence-electron chi connectivity index (χ2n) is 2.06. The minimum Gasteiger partial charge on any atom is -0.204 e. The van der Waals surface area contributed by atoms with Gasteiger partial charge < -0.3 is 0 Å². The van der Waals surface area contributed by atoms with Gasteiger partial charge in [0, 0.05) is 0 Å². The van der Waals surface area contributed by atoms with E-state index in [1.165, 1.54) is 6.07 Å². The molecule has 1 aliphatic rings. The zero-order valence-corrected chi connectivity index (χ0v) is 6.16. The van der Waals surface area contributed by atoms with Gasteiger partial charge in [0.2, 0.25) is 0 Å². The molecule has 1 N–H and O–H groups in total. The van der Waals surface area contributed by atoms with E-state index < -0.39 is 5.82 Å². The average Bonchev–Trinajstić information content (AvgIpc) is 2.34. The molecule has 1 heterocycles. The smallest absolute Gasteiger partial charge is 0.152 e. The van der Waals surface area contributed by atoms with E-state index >= 15 is 0 Å². The summed E-state index contributed by atoms with van der Waals surface area (Å²) in [5.41, 5.74) is -0.0301. The summed E-state index contributed by atoms with van der Waals surface area (Å²) in [4.78, 5) is 2.83. The predicted molar refractivity (Wildman–Crippen MR) is 39.0 cm³/mol. The lowest BCUT2D eigenvalue weighted by atomic mass is 10.3. The van der Waals surface area contributed by atoms with E-state index in [1.807, 2.05) is 0 Å². The Bertz CT molecular complexity index is 292. The third-order valence-corrected chi connectivity index (χ3v) is 2.18. The molecular formula is C6H4F2N2S.